The largest absolute Gasteiger partial charge is 0.493 e. The fourth-order valence-electron chi connectivity index (χ4n) is 2.73. The number of benzene rings is 2. The van der Waals surface area contributed by atoms with Crippen molar-refractivity contribution in [2.75, 3.05) is 14.2 Å². The lowest BCUT2D eigenvalue weighted by atomic mass is 10.2. The van der Waals surface area contributed by atoms with E-state index >= 15 is 0 Å². The summed E-state index contributed by atoms with van der Waals surface area (Å²) in [4.78, 5) is 12.9. The first-order valence-electron chi connectivity index (χ1n) is 8.72. The zero-order valence-electron chi connectivity index (χ0n) is 15.9. The topological polar surface area (TPSA) is 77.8 Å². The van der Waals surface area contributed by atoms with Crippen molar-refractivity contribution in [2.45, 2.75) is 17.2 Å². The van der Waals surface area contributed by atoms with Gasteiger partial charge in [0.25, 0.3) is 5.91 Å². The maximum atomic E-state index is 13.0. The van der Waals surface area contributed by atoms with Gasteiger partial charge in [-0.15, -0.1) is 0 Å². The van der Waals surface area contributed by atoms with Crippen molar-refractivity contribution in [2.24, 2.45) is 0 Å². The highest BCUT2D eigenvalue weighted by Gasteiger charge is 2.15. The molecule has 0 saturated carbocycles. The van der Waals surface area contributed by atoms with Crippen molar-refractivity contribution >= 4 is 16.7 Å². The molecule has 8 heteroatoms. The Labute approximate surface area is 170 Å². The number of furan rings is 1. The summed E-state index contributed by atoms with van der Waals surface area (Å²) >= 11 is 0. The number of ether oxygens (including phenoxy) is 2. The van der Waals surface area contributed by atoms with E-state index in [0.29, 0.717) is 22.2 Å². The first-order valence-corrected chi connectivity index (χ1v) is 10.0. The van der Waals surface area contributed by atoms with Gasteiger partial charge in [0.15, 0.2) is 17.3 Å². The first kappa shape index (κ1) is 20.6. The van der Waals surface area contributed by atoms with E-state index in [1.807, 2.05) is 6.07 Å². The molecule has 0 radical (unpaired) electrons. The summed E-state index contributed by atoms with van der Waals surface area (Å²) in [5.74, 6) is 0.912. The molecular weight excluding hydrogens is 397 g/mol. The molecule has 1 aromatic heterocycles. The quantitative estimate of drug-likeness (QED) is 0.605. The molecule has 0 bridgehead atoms. The SMILES string of the molecule is COc1cccc(CNC(=O)c2ccc(C[S@@](=O)c3ccc(F)cc3)o2)c1OC. The fraction of sp³-hybridized carbons (Fsp3) is 0.190. The van der Waals surface area contributed by atoms with E-state index in [0.717, 1.165) is 5.56 Å². The van der Waals surface area contributed by atoms with Crippen molar-refractivity contribution in [1.82, 2.24) is 5.32 Å². The first-order chi connectivity index (χ1) is 14.0. The number of carbonyl (C=O) groups is 1. The summed E-state index contributed by atoms with van der Waals surface area (Å²) in [6, 6.07) is 13.9. The van der Waals surface area contributed by atoms with Crippen LogP contribution in [0.1, 0.15) is 21.9 Å². The van der Waals surface area contributed by atoms with Crippen molar-refractivity contribution in [1.29, 1.82) is 0 Å². The van der Waals surface area contributed by atoms with Crippen molar-refractivity contribution in [3.63, 3.8) is 0 Å². The molecule has 0 aliphatic heterocycles. The number of hydrogen-bond acceptors (Lipinski definition) is 5. The number of halogens is 1. The van der Waals surface area contributed by atoms with Crippen LogP contribution in [-0.2, 0) is 23.1 Å². The van der Waals surface area contributed by atoms with Gasteiger partial charge in [-0.25, -0.2) is 4.39 Å². The highest BCUT2D eigenvalue weighted by Crippen LogP contribution is 2.30. The Morgan fingerprint density at radius 2 is 1.83 bits per heavy atom. The number of hydrogen-bond donors (Lipinski definition) is 1. The third-order valence-corrected chi connectivity index (χ3v) is 5.50. The lowest BCUT2D eigenvalue weighted by Gasteiger charge is -2.12. The Morgan fingerprint density at radius 1 is 1.07 bits per heavy atom. The van der Waals surface area contributed by atoms with Gasteiger partial charge in [0.2, 0.25) is 0 Å². The van der Waals surface area contributed by atoms with Crippen LogP contribution >= 0.6 is 0 Å². The van der Waals surface area contributed by atoms with Crippen molar-refractivity contribution in [3.05, 3.63) is 77.5 Å². The molecule has 1 heterocycles. The van der Waals surface area contributed by atoms with Crippen LogP contribution in [0, 0.1) is 5.82 Å². The summed E-state index contributed by atoms with van der Waals surface area (Å²) in [7, 11) is 1.67. The molecule has 6 nitrogen and oxygen atoms in total. The van der Waals surface area contributed by atoms with Gasteiger partial charge in [-0.3, -0.25) is 9.00 Å². The number of nitrogens with one attached hydrogen (secondary N) is 1. The Hall–Kier alpha value is -3.13. The Morgan fingerprint density at radius 3 is 2.52 bits per heavy atom. The van der Waals surface area contributed by atoms with E-state index in [2.05, 4.69) is 5.32 Å². The lowest BCUT2D eigenvalue weighted by Crippen LogP contribution is -2.22. The predicted molar refractivity (Wildman–Crippen MR) is 106 cm³/mol. The molecule has 0 spiro atoms. The van der Waals surface area contributed by atoms with E-state index in [4.69, 9.17) is 13.9 Å². The maximum Gasteiger partial charge on any atom is 0.287 e. The Bertz CT molecular complexity index is 1020. The molecule has 1 N–H and O–H groups in total. The Balaban J connectivity index is 1.62. The minimum Gasteiger partial charge on any atom is -0.493 e. The fourth-order valence-corrected chi connectivity index (χ4v) is 3.75. The zero-order valence-corrected chi connectivity index (χ0v) is 16.8. The monoisotopic (exact) mass is 417 g/mol. The summed E-state index contributed by atoms with van der Waals surface area (Å²) < 4.78 is 41.4. The van der Waals surface area contributed by atoms with Crippen LogP contribution in [0.2, 0.25) is 0 Å². The smallest absolute Gasteiger partial charge is 0.287 e. The Kier molecular flexibility index (Phi) is 6.66. The van der Waals surface area contributed by atoms with Gasteiger partial charge in [-0.2, -0.15) is 0 Å². The molecule has 2 aromatic carbocycles. The van der Waals surface area contributed by atoms with Gasteiger partial charge in [0.05, 0.1) is 30.8 Å². The molecule has 0 unspecified atom stereocenters. The molecule has 1 atom stereocenters. The molecule has 0 fully saturated rings. The molecule has 0 aliphatic carbocycles. The van der Waals surface area contributed by atoms with Crippen LogP contribution < -0.4 is 14.8 Å². The normalized spacial score (nSPS) is 11.7. The van der Waals surface area contributed by atoms with Gasteiger partial charge in [-0.1, -0.05) is 12.1 Å². The standard InChI is InChI=1S/C21H20FNO5S/c1-26-18-5-3-4-14(20(18)27-2)12-23-21(24)19-11-8-16(28-19)13-29(25)17-9-6-15(22)7-10-17/h3-11H,12-13H2,1-2H3,(H,23,24)/t29-/m1/s1. The third-order valence-electron chi connectivity index (χ3n) is 4.16. The molecule has 0 aliphatic rings. The highest BCUT2D eigenvalue weighted by molar-refractivity contribution is 7.84. The second-order valence-electron chi connectivity index (χ2n) is 6.05. The summed E-state index contributed by atoms with van der Waals surface area (Å²) in [5, 5.41) is 2.76. The lowest BCUT2D eigenvalue weighted by molar-refractivity contribution is 0.0921. The summed E-state index contributed by atoms with van der Waals surface area (Å²) in [6.07, 6.45) is 0. The van der Waals surface area contributed by atoms with E-state index < -0.39 is 22.5 Å². The van der Waals surface area contributed by atoms with E-state index in [1.165, 1.54) is 37.4 Å². The van der Waals surface area contributed by atoms with Gasteiger partial charge in [0.1, 0.15) is 11.6 Å². The van der Waals surface area contributed by atoms with E-state index in [-0.39, 0.29) is 18.1 Å². The van der Waals surface area contributed by atoms with Crippen LogP contribution in [-0.4, -0.2) is 24.3 Å². The summed E-state index contributed by atoms with van der Waals surface area (Å²) in [5.41, 5.74) is 0.754. The maximum absolute atomic E-state index is 13.0. The van der Waals surface area contributed by atoms with Crippen molar-refractivity contribution in [3.8, 4) is 11.5 Å². The van der Waals surface area contributed by atoms with Gasteiger partial charge in [-0.05, 0) is 42.5 Å². The number of para-hydroxylation sites is 1. The number of methoxy groups -OCH3 is 2. The van der Waals surface area contributed by atoms with Crippen LogP contribution in [0.15, 0.2) is 63.9 Å². The molecule has 1 amide bonds. The second-order valence-corrected chi connectivity index (χ2v) is 7.50. The third kappa shape index (κ3) is 5.03. The second kappa shape index (κ2) is 9.38. The highest BCUT2D eigenvalue weighted by atomic mass is 32.2. The average Bonchev–Trinajstić information content (AvgIpc) is 3.20. The van der Waals surface area contributed by atoms with Gasteiger partial charge < -0.3 is 19.2 Å². The van der Waals surface area contributed by atoms with Crippen LogP contribution in [0.25, 0.3) is 0 Å². The molecular formula is C21H20FNO5S. The molecule has 152 valence electrons. The minimum absolute atomic E-state index is 0.0859. The molecule has 0 saturated heterocycles. The summed E-state index contributed by atoms with van der Waals surface area (Å²) in [6.45, 7) is 0.219. The minimum atomic E-state index is -1.41. The number of rotatable bonds is 8. The predicted octanol–water partition coefficient (Wildman–Crippen LogP) is 3.67. The van der Waals surface area contributed by atoms with Gasteiger partial charge >= 0.3 is 0 Å². The molecule has 29 heavy (non-hydrogen) atoms. The van der Waals surface area contributed by atoms with Crippen LogP contribution in [0.3, 0.4) is 0 Å². The zero-order chi connectivity index (χ0) is 20.8. The molecule has 3 aromatic rings. The molecule has 3 rings (SSSR count). The van der Waals surface area contributed by atoms with Crippen LogP contribution in [0.4, 0.5) is 4.39 Å². The van der Waals surface area contributed by atoms with Crippen LogP contribution in [0.5, 0.6) is 11.5 Å². The van der Waals surface area contributed by atoms with E-state index in [1.54, 1.807) is 25.3 Å². The number of carbonyl (C=O) groups excluding carboxylic acids is 1. The van der Waals surface area contributed by atoms with E-state index in [9.17, 15) is 13.4 Å². The number of amides is 1. The average molecular weight is 417 g/mol. The van der Waals surface area contributed by atoms with Crippen molar-refractivity contribution < 1.29 is 27.3 Å². The van der Waals surface area contributed by atoms with Gasteiger partial charge in [0, 0.05) is 17.0 Å².